The van der Waals surface area contributed by atoms with Crippen molar-refractivity contribution in [2.75, 3.05) is 0 Å². The standard InChI is InChI=1S/C38H24/c1-4-15-28-25(11-1)13-9-21-31(28)37-33-16-5-7-18-35(33)38(36-19-8-6-17-34(36)37)32-22-10-20-29-27-14-3-2-12-26(27)23-24-30(29)32/h1-24H. The molecule has 8 rings (SSSR count). The van der Waals surface area contributed by atoms with Crippen molar-refractivity contribution in [1.82, 2.24) is 0 Å². The van der Waals surface area contributed by atoms with Gasteiger partial charge in [0.25, 0.3) is 0 Å². The highest BCUT2D eigenvalue weighted by Gasteiger charge is 2.19. The molecule has 0 heteroatoms. The van der Waals surface area contributed by atoms with Crippen LogP contribution in [-0.4, -0.2) is 0 Å². The quantitative estimate of drug-likeness (QED) is 0.170. The summed E-state index contributed by atoms with van der Waals surface area (Å²) in [6, 6.07) is 53.3. The zero-order valence-corrected chi connectivity index (χ0v) is 20.9. The molecule has 38 heavy (non-hydrogen) atoms. The van der Waals surface area contributed by atoms with Crippen LogP contribution in [0.4, 0.5) is 0 Å². The molecule has 0 fully saturated rings. The van der Waals surface area contributed by atoms with Crippen LogP contribution in [0.25, 0.3) is 76.1 Å². The first-order chi connectivity index (χ1) is 18.9. The average molecular weight is 481 g/mol. The van der Waals surface area contributed by atoms with E-state index in [4.69, 9.17) is 0 Å². The summed E-state index contributed by atoms with van der Waals surface area (Å²) in [4.78, 5) is 0. The molecule has 0 aromatic heterocycles. The number of benzene rings is 8. The van der Waals surface area contributed by atoms with Crippen molar-refractivity contribution in [3.8, 4) is 22.3 Å². The van der Waals surface area contributed by atoms with Crippen molar-refractivity contribution in [1.29, 1.82) is 0 Å². The molecule has 0 bridgehead atoms. The van der Waals surface area contributed by atoms with E-state index >= 15 is 0 Å². The summed E-state index contributed by atoms with van der Waals surface area (Å²) in [7, 11) is 0. The Morgan fingerprint density at radius 1 is 0.211 bits per heavy atom. The minimum absolute atomic E-state index is 1.27. The van der Waals surface area contributed by atoms with Crippen LogP contribution in [-0.2, 0) is 0 Å². The molecule has 0 saturated heterocycles. The molecule has 8 aromatic carbocycles. The number of rotatable bonds is 2. The molecule has 0 radical (unpaired) electrons. The highest BCUT2D eigenvalue weighted by atomic mass is 14.2. The Kier molecular flexibility index (Phi) is 4.62. The summed E-state index contributed by atoms with van der Waals surface area (Å²) < 4.78 is 0. The van der Waals surface area contributed by atoms with Crippen molar-refractivity contribution in [2.24, 2.45) is 0 Å². The fourth-order valence-electron chi connectivity index (χ4n) is 6.41. The normalized spacial score (nSPS) is 11.7. The lowest BCUT2D eigenvalue weighted by Crippen LogP contribution is -1.92. The van der Waals surface area contributed by atoms with Gasteiger partial charge in [-0.25, -0.2) is 0 Å². The smallest absolute Gasteiger partial charge is 0.00201 e. The summed E-state index contributed by atoms with van der Waals surface area (Å²) in [5, 5.41) is 12.9. The number of hydrogen-bond donors (Lipinski definition) is 0. The van der Waals surface area contributed by atoms with Gasteiger partial charge >= 0.3 is 0 Å². The minimum atomic E-state index is 1.27. The molecule has 0 atom stereocenters. The van der Waals surface area contributed by atoms with Gasteiger partial charge in [-0.3, -0.25) is 0 Å². The molecule has 8 aromatic rings. The molecule has 0 unspecified atom stereocenters. The molecular formula is C38H24. The molecule has 0 heterocycles. The van der Waals surface area contributed by atoms with Gasteiger partial charge in [0.2, 0.25) is 0 Å². The first kappa shape index (κ1) is 21.2. The van der Waals surface area contributed by atoms with Gasteiger partial charge < -0.3 is 0 Å². The number of hydrogen-bond acceptors (Lipinski definition) is 0. The summed E-state index contributed by atoms with van der Waals surface area (Å²) in [6.45, 7) is 0. The van der Waals surface area contributed by atoms with Crippen LogP contribution in [0.15, 0.2) is 146 Å². The van der Waals surface area contributed by atoms with Crippen LogP contribution in [0.2, 0.25) is 0 Å². The highest BCUT2D eigenvalue weighted by Crippen LogP contribution is 2.46. The Labute approximate surface area is 221 Å². The minimum Gasteiger partial charge on any atom is -0.0616 e. The third kappa shape index (κ3) is 3.04. The lowest BCUT2D eigenvalue weighted by molar-refractivity contribution is 1.69. The molecular weight excluding hydrogens is 456 g/mol. The monoisotopic (exact) mass is 480 g/mol. The predicted molar refractivity (Wildman–Crippen MR) is 165 cm³/mol. The summed E-state index contributed by atoms with van der Waals surface area (Å²) >= 11 is 0. The van der Waals surface area contributed by atoms with E-state index in [9.17, 15) is 0 Å². The van der Waals surface area contributed by atoms with Crippen molar-refractivity contribution in [3.05, 3.63) is 146 Å². The fourth-order valence-corrected chi connectivity index (χ4v) is 6.41. The van der Waals surface area contributed by atoms with Crippen molar-refractivity contribution in [2.45, 2.75) is 0 Å². The molecule has 176 valence electrons. The van der Waals surface area contributed by atoms with Gasteiger partial charge in [-0.1, -0.05) is 146 Å². The molecule has 0 N–H and O–H groups in total. The molecule has 0 aliphatic rings. The average Bonchev–Trinajstić information content (AvgIpc) is 2.99. The van der Waals surface area contributed by atoms with Gasteiger partial charge in [0.05, 0.1) is 0 Å². The van der Waals surface area contributed by atoms with E-state index in [-0.39, 0.29) is 0 Å². The van der Waals surface area contributed by atoms with Gasteiger partial charge in [-0.05, 0) is 76.1 Å². The van der Waals surface area contributed by atoms with Crippen LogP contribution in [0, 0.1) is 0 Å². The van der Waals surface area contributed by atoms with E-state index in [2.05, 4.69) is 146 Å². The molecule has 0 nitrogen and oxygen atoms in total. The summed E-state index contributed by atoms with van der Waals surface area (Å²) in [5.74, 6) is 0. The lowest BCUT2D eigenvalue weighted by Gasteiger charge is -2.20. The van der Waals surface area contributed by atoms with Gasteiger partial charge in [0.15, 0.2) is 0 Å². The van der Waals surface area contributed by atoms with Crippen molar-refractivity contribution < 1.29 is 0 Å². The lowest BCUT2D eigenvalue weighted by atomic mass is 9.83. The molecule has 0 spiro atoms. The van der Waals surface area contributed by atoms with E-state index in [0.29, 0.717) is 0 Å². The molecule has 0 amide bonds. The second-order valence-corrected chi connectivity index (χ2v) is 10.1. The Hall–Kier alpha value is -4.94. The van der Waals surface area contributed by atoms with E-state index in [0.717, 1.165) is 0 Å². The van der Waals surface area contributed by atoms with Gasteiger partial charge in [-0.15, -0.1) is 0 Å². The van der Waals surface area contributed by atoms with Crippen molar-refractivity contribution in [3.63, 3.8) is 0 Å². The van der Waals surface area contributed by atoms with Crippen LogP contribution < -0.4 is 0 Å². The molecule has 0 aliphatic carbocycles. The number of fused-ring (bicyclic) bond motifs is 6. The topological polar surface area (TPSA) is 0 Å². The zero-order valence-electron chi connectivity index (χ0n) is 20.9. The van der Waals surface area contributed by atoms with Crippen LogP contribution in [0.1, 0.15) is 0 Å². The van der Waals surface area contributed by atoms with Crippen LogP contribution in [0.3, 0.4) is 0 Å². The maximum Gasteiger partial charge on any atom is -0.00201 e. The third-order valence-electron chi connectivity index (χ3n) is 8.05. The van der Waals surface area contributed by atoms with E-state index in [1.165, 1.54) is 76.1 Å². The maximum absolute atomic E-state index is 2.30. The SMILES string of the molecule is c1ccc2c(-c3c4ccccc4c(-c4cccc5c4ccc4ccccc45)c4ccccc34)cccc2c1. The van der Waals surface area contributed by atoms with E-state index in [1.807, 2.05) is 0 Å². The largest absolute Gasteiger partial charge is 0.0616 e. The van der Waals surface area contributed by atoms with Crippen molar-refractivity contribution >= 4 is 53.9 Å². The van der Waals surface area contributed by atoms with E-state index < -0.39 is 0 Å². The summed E-state index contributed by atoms with van der Waals surface area (Å²) in [5.41, 5.74) is 5.18. The Morgan fingerprint density at radius 2 is 0.605 bits per heavy atom. The van der Waals surface area contributed by atoms with Gasteiger partial charge in [0, 0.05) is 0 Å². The maximum atomic E-state index is 2.30. The second kappa shape index (κ2) is 8.30. The second-order valence-electron chi connectivity index (χ2n) is 10.1. The van der Waals surface area contributed by atoms with Gasteiger partial charge in [-0.2, -0.15) is 0 Å². The predicted octanol–water partition coefficient (Wildman–Crippen LogP) is 10.8. The van der Waals surface area contributed by atoms with E-state index in [1.54, 1.807) is 0 Å². The zero-order chi connectivity index (χ0) is 25.1. The fraction of sp³-hybridized carbons (Fsp3) is 0. The van der Waals surface area contributed by atoms with Crippen LogP contribution >= 0.6 is 0 Å². The molecule has 0 aliphatic heterocycles. The Bertz CT molecular complexity index is 2120. The first-order valence-electron chi connectivity index (χ1n) is 13.2. The van der Waals surface area contributed by atoms with Crippen LogP contribution in [0.5, 0.6) is 0 Å². The Balaban J connectivity index is 1.56. The molecule has 0 saturated carbocycles. The Morgan fingerprint density at radius 3 is 1.21 bits per heavy atom. The summed E-state index contributed by atoms with van der Waals surface area (Å²) in [6.07, 6.45) is 0. The first-order valence-corrected chi connectivity index (χ1v) is 13.2. The third-order valence-corrected chi connectivity index (χ3v) is 8.05. The highest BCUT2D eigenvalue weighted by molar-refractivity contribution is 6.26. The van der Waals surface area contributed by atoms with Gasteiger partial charge in [0.1, 0.15) is 0 Å².